The quantitative estimate of drug-likeness (QED) is 0.0261. The number of rotatable bonds is 53. The number of carbonyl (C=O) groups is 3. The van der Waals surface area contributed by atoms with E-state index < -0.39 is 6.10 Å². The standard InChI is InChI=1S/C64H110O6/c1-4-7-10-13-16-19-22-25-27-29-30-31-32-33-34-36-37-39-42-45-48-51-54-57-63(66)69-60-61(59-68-62(65)56-53-50-47-44-41-24-21-18-15-12-9-6-3)70-64(67)58-55-52-49-46-43-40-38-35-28-26-23-20-17-14-11-8-5-2/h7-8,10-11,16-17,19-20,25-28,30-31,61H,4-6,9,12-15,18,21-24,29,32-60H2,1-3H3/b10-7-,11-8-,19-16-,20-17-,27-25-,28-26-,31-30-. The van der Waals surface area contributed by atoms with E-state index in [9.17, 15) is 14.4 Å². The highest BCUT2D eigenvalue weighted by Gasteiger charge is 2.19. The zero-order chi connectivity index (χ0) is 50.7. The van der Waals surface area contributed by atoms with Gasteiger partial charge in [0.15, 0.2) is 6.10 Å². The lowest BCUT2D eigenvalue weighted by Crippen LogP contribution is -2.30. The molecule has 0 heterocycles. The predicted octanol–water partition coefficient (Wildman–Crippen LogP) is 19.9. The summed E-state index contributed by atoms with van der Waals surface area (Å²) >= 11 is 0. The van der Waals surface area contributed by atoms with E-state index in [2.05, 4.69) is 106 Å². The van der Waals surface area contributed by atoms with E-state index in [0.717, 1.165) is 109 Å². The fourth-order valence-corrected chi connectivity index (χ4v) is 8.27. The van der Waals surface area contributed by atoms with Crippen LogP contribution in [0, 0.1) is 0 Å². The molecule has 0 fully saturated rings. The van der Waals surface area contributed by atoms with Crippen molar-refractivity contribution >= 4 is 17.9 Å². The summed E-state index contributed by atoms with van der Waals surface area (Å²) in [5.41, 5.74) is 0. The Morgan fingerprint density at radius 3 is 0.871 bits per heavy atom. The summed E-state index contributed by atoms with van der Waals surface area (Å²) in [5.74, 6) is -0.885. The number of allylic oxidation sites excluding steroid dienone is 14. The third-order valence-corrected chi connectivity index (χ3v) is 12.6. The van der Waals surface area contributed by atoms with E-state index in [0.29, 0.717) is 19.3 Å². The van der Waals surface area contributed by atoms with Crippen LogP contribution in [0.25, 0.3) is 0 Å². The zero-order valence-corrected chi connectivity index (χ0v) is 46.0. The maximum atomic E-state index is 12.9. The maximum absolute atomic E-state index is 12.9. The molecule has 1 unspecified atom stereocenters. The molecule has 0 aromatic heterocycles. The summed E-state index contributed by atoms with van der Waals surface area (Å²) in [7, 11) is 0. The van der Waals surface area contributed by atoms with Gasteiger partial charge in [-0.15, -0.1) is 0 Å². The van der Waals surface area contributed by atoms with E-state index in [1.165, 1.54) is 135 Å². The SMILES string of the molecule is CC/C=C\C/C=C\C/C=C\C/C=C\CCCCCCCCCCCCC(=O)OCC(COC(=O)CCCCCCCCCCCCCC)OC(=O)CCCCCCCCC/C=C\C/C=C\C/C=C\CC. The smallest absolute Gasteiger partial charge is 0.306 e. The zero-order valence-electron chi connectivity index (χ0n) is 46.0. The van der Waals surface area contributed by atoms with E-state index in [4.69, 9.17) is 14.2 Å². The molecule has 0 aromatic rings. The van der Waals surface area contributed by atoms with Crippen LogP contribution in [0.2, 0.25) is 0 Å². The van der Waals surface area contributed by atoms with Crippen LogP contribution in [0.5, 0.6) is 0 Å². The Balaban J connectivity index is 4.33. The Morgan fingerprint density at radius 1 is 0.300 bits per heavy atom. The second-order valence-electron chi connectivity index (χ2n) is 19.5. The van der Waals surface area contributed by atoms with Gasteiger partial charge in [-0.2, -0.15) is 0 Å². The van der Waals surface area contributed by atoms with Gasteiger partial charge in [0.25, 0.3) is 0 Å². The summed E-state index contributed by atoms with van der Waals surface area (Å²) < 4.78 is 16.9. The minimum Gasteiger partial charge on any atom is -0.462 e. The summed E-state index contributed by atoms with van der Waals surface area (Å²) in [6.07, 6.45) is 75.7. The molecule has 6 heteroatoms. The average Bonchev–Trinajstić information content (AvgIpc) is 3.36. The first kappa shape index (κ1) is 66.6. The highest BCUT2D eigenvalue weighted by atomic mass is 16.6. The van der Waals surface area contributed by atoms with E-state index >= 15 is 0 Å². The van der Waals surface area contributed by atoms with Crippen LogP contribution < -0.4 is 0 Å². The highest BCUT2D eigenvalue weighted by Crippen LogP contribution is 2.16. The van der Waals surface area contributed by atoms with Crippen molar-refractivity contribution in [2.45, 2.75) is 290 Å². The largest absolute Gasteiger partial charge is 0.462 e. The lowest BCUT2D eigenvalue weighted by molar-refractivity contribution is -0.167. The van der Waals surface area contributed by atoms with E-state index in [1.807, 2.05) is 0 Å². The Kier molecular flexibility index (Phi) is 55.3. The molecular formula is C64H110O6. The van der Waals surface area contributed by atoms with Crippen LogP contribution in [-0.4, -0.2) is 37.2 Å². The minimum absolute atomic E-state index is 0.0794. The third-order valence-electron chi connectivity index (χ3n) is 12.6. The van der Waals surface area contributed by atoms with Gasteiger partial charge in [-0.3, -0.25) is 14.4 Å². The Hall–Kier alpha value is -3.41. The fourth-order valence-electron chi connectivity index (χ4n) is 8.27. The molecule has 0 saturated carbocycles. The lowest BCUT2D eigenvalue weighted by atomic mass is 10.0. The first-order chi connectivity index (χ1) is 34.5. The molecular weight excluding hydrogens is 865 g/mol. The van der Waals surface area contributed by atoms with Gasteiger partial charge in [0.1, 0.15) is 13.2 Å². The number of hydrogen-bond donors (Lipinski definition) is 0. The molecule has 6 nitrogen and oxygen atoms in total. The van der Waals surface area contributed by atoms with Crippen LogP contribution in [0.1, 0.15) is 284 Å². The van der Waals surface area contributed by atoms with Gasteiger partial charge in [0.2, 0.25) is 0 Å². The molecule has 0 aromatic carbocycles. The van der Waals surface area contributed by atoms with Gasteiger partial charge in [-0.1, -0.05) is 260 Å². The Morgan fingerprint density at radius 2 is 0.557 bits per heavy atom. The predicted molar refractivity (Wildman–Crippen MR) is 302 cm³/mol. The molecule has 0 N–H and O–H groups in total. The molecule has 0 amide bonds. The molecule has 1 atom stereocenters. The molecule has 0 aliphatic heterocycles. The molecule has 0 spiro atoms. The monoisotopic (exact) mass is 975 g/mol. The van der Waals surface area contributed by atoms with Crippen molar-refractivity contribution in [3.63, 3.8) is 0 Å². The van der Waals surface area contributed by atoms with Gasteiger partial charge < -0.3 is 14.2 Å². The van der Waals surface area contributed by atoms with Crippen molar-refractivity contribution < 1.29 is 28.6 Å². The molecule has 0 aliphatic rings. The number of esters is 3. The van der Waals surface area contributed by atoms with Gasteiger partial charge in [0, 0.05) is 19.3 Å². The van der Waals surface area contributed by atoms with Crippen molar-refractivity contribution in [2.75, 3.05) is 13.2 Å². The van der Waals surface area contributed by atoms with E-state index in [1.54, 1.807) is 0 Å². The maximum Gasteiger partial charge on any atom is 0.306 e. The molecule has 0 aliphatic carbocycles. The van der Waals surface area contributed by atoms with Crippen LogP contribution in [0.3, 0.4) is 0 Å². The molecule has 0 bridgehead atoms. The van der Waals surface area contributed by atoms with Crippen LogP contribution >= 0.6 is 0 Å². The molecule has 0 rings (SSSR count). The van der Waals surface area contributed by atoms with Crippen LogP contribution in [0.15, 0.2) is 85.1 Å². The molecule has 70 heavy (non-hydrogen) atoms. The number of hydrogen-bond acceptors (Lipinski definition) is 6. The van der Waals surface area contributed by atoms with Gasteiger partial charge in [-0.25, -0.2) is 0 Å². The Bertz CT molecular complexity index is 1350. The Labute approximate surface area is 433 Å². The molecule has 0 radical (unpaired) electrons. The summed E-state index contributed by atoms with van der Waals surface area (Å²) in [6, 6.07) is 0. The van der Waals surface area contributed by atoms with Gasteiger partial charge in [-0.05, 0) is 89.9 Å². The summed E-state index contributed by atoms with van der Waals surface area (Å²) in [4.78, 5) is 38.2. The van der Waals surface area contributed by atoms with Crippen molar-refractivity contribution in [3.8, 4) is 0 Å². The normalized spacial score (nSPS) is 12.7. The number of carbonyl (C=O) groups excluding carboxylic acids is 3. The van der Waals surface area contributed by atoms with Crippen molar-refractivity contribution in [2.24, 2.45) is 0 Å². The van der Waals surface area contributed by atoms with Crippen LogP contribution in [-0.2, 0) is 28.6 Å². The second kappa shape index (κ2) is 58.2. The third kappa shape index (κ3) is 55.5. The number of ether oxygens (including phenoxy) is 3. The first-order valence-corrected chi connectivity index (χ1v) is 29.6. The highest BCUT2D eigenvalue weighted by molar-refractivity contribution is 5.71. The first-order valence-electron chi connectivity index (χ1n) is 29.6. The topological polar surface area (TPSA) is 78.9 Å². The number of unbranched alkanes of at least 4 members (excludes halogenated alkanes) is 28. The van der Waals surface area contributed by atoms with Gasteiger partial charge >= 0.3 is 17.9 Å². The van der Waals surface area contributed by atoms with E-state index in [-0.39, 0.29) is 31.1 Å². The van der Waals surface area contributed by atoms with Gasteiger partial charge in [0.05, 0.1) is 0 Å². The minimum atomic E-state index is -0.782. The van der Waals surface area contributed by atoms with Crippen molar-refractivity contribution in [1.82, 2.24) is 0 Å². The second-order valence-corrected chi connectivity index (χ2v) is 19.5. The summed E-state index contributed by atoms with van der Waals surface area (Å²) in [6.45, 7) is 6.42. The van der Waals surface area contributed by atoms with Crippen molar-refractivity contribution in [3.05, 3.63) is 85.1 Å². The van der Waals surface area contributed by atoms with Crippen LogP contribution in [0.4, 0.5) is 0 Å². The fraction of sp³-hybridized carbons (Fsp3) is 0.734. The van der Waals surface area contributed by atoms with Crippen molar-refractivity contribution in [1.29, 1.82) is 0 Å². The average molecular weight is 976 g/mol. The molecule has 0 saturated heterocycles. The lowest BCUT2D eigenvalue weighted by Gasteiger charge is -2.18. The summed E-state index contributed by atoms with van der Waals surface area (Å²) in [5, 5.41) is 0. The molecule has 402 valence electrons.